The van der Waals surface area contributed by atoms with Crippen LogP contribution in [0.3, 0.4) is 0 Å². The topological polar surface area (TPSA) is 104 Å². The van der Waals surface area contributed by atoms with E-state index in [1.54, 1.807) is 12.0 Å². The molecule has 0 spiro atoms. The van der Waals surface area contributed by atoms with E-state index in [-0.39, 0.29) is 54.0 Å². The number of aliphatic carboxylic acids is 1. The van der Waals surface area contributed by atoms with Crippen LogP contribution in [-0.2, 0) is 25.2 Å². The summed E-state index contributed by atoms with van der Waals surface area (Å²) in [6.45, 7) is 0.795. The average molecular weight is 553 g/mol. The number of hydrogen-bond donors (Lipinski definition) is 2. The van der Waals surface area contributed by atoms with Gasteiger partial charge in [0, 0.05) is 37.6 Å². The van der Waals surface area contributed by atoms with Crippen molar-refractivity contribution in [1.82, 2.24) is 9.80 Å². The highest BCUT2D eigenvalue weighted by molar-refractivity contribution is 6.08. The third-order valence-corrected chi connectivity index (χ3v) is 6.60. The molecule has 2 aliphatic rings. The molecule has 0 saturated carbocycles. The Morgan fingerprint density at radius 2 is 1.90 bits per heavy atom. The minimum Gasteiger partial charge on any atom is -0.481 e. The van der Waals surface area contributed by atoms with Crippen molar-refractivity contribution < 1.29 is 41.7 Å². The molecule has 9 nitrogen and oxygen atoms in total. The Morgan fingerprint density at radius 1 is 1.13 bits per heavy atom. The molecular weight excluding hydrogens is 524 g/mol. The smallest absolute Gasteiger partial charge is 0.416 e. The van der Waals surface area contributed by atoms with Gasteiger partial charge in [-0.25, -0.2) is 9.38 Å². The number of halogens is 4. The summed E-state index contributed by atoms with van der Waals surface area (Å²) >= 11 is 0. The predicted octanol–water partition coefficient (Wildman–Crippen LogP) is 4.37. The maximum absolute atomic E-state index is 14.1. The monoisotopic (exact) mass is 552 g/mol. The summed E-state index contributed by atoms with van der Waals surface area (Å²) in [5.41, 5.74) is -0.0315. The first-order valence-corrected chi connectivity index (χ1v) is 12.2. The molecule has 39 heavy (non-hydrogen) atoms. The minimum atomic E-state index is -4.64. The molecule has 2 aromatic carbocycles. The number of aliphatic imine (C=N–C) groups is 1. The zero-order valence-electron chi connectivity index (χ0n) is 21.3. The number of amidine groups is 1. The van der Waals surface area contributed by atoms with Gasteiger partial charge < -0.3 is 24.8 Å². The number of likely N-dealkylation sites (N-methyl/N-ethyl adjacent to an activating group) is 1. The van der Waals surface area contributed by atoms with Crippen LogP contribution >= 0.6 is 0 Å². The van der Waals surface area contributed by atoms with Crippen molar-refractivity contribution in [1.29, 1.82) is 0 Å². The summed E-state index contributed by atoms with van der Waals surface area (Å²) in [5.74, 6) is -2.39. The van der Waals surface area contributed by atoms with Gasteiger partial charge in [0.2, 0.25) is 0 Å². The number of carboxylic acids is 1. The number of hydrogen-bond acceptors (Lipinski definition) is 8. The fourth-order valence-electron chi connectivity index (χ4n) is 4.55. The lowest BCUT2D eigenvalue weighted by Crippen LogP contribution is -2.60. The highest BCUT2D eigenvalue weighted by Gasteiger charge is 2.39. The quantitative estimate of drug-likeness (QED) is 0.386. The summed E-state index contributed by atoms with van der Waals surface area (Å²) in [7, 11) is 3.37. The number of carboxylic acid groups (broad SMARTS) is 1. The molecule has 0 bridgehead atoms. The molecule has 2 N–H and O–H groups in total. The van der Waals surface area contributed by atoms with Crippen LogP contribution in [0.5, 0.6) is 0 Å². The molecule has 2 atom stereocenters. The van der Waals surface area contributed by atoms with Crippen LogP contribution in [0.4, 0.5) is 34.6 Å². The van der Waals surface area contributed by atoms with Crippen LogP contribution in [0.1, 0.15) is 30.4 Å². The molecule has 4 rings (SSSR count). The second-order valence-corrected chi connectivity index (χ2v) is 9.35. The first kappa shape index (κ1) is 28.3. The van der Waals surface area contributed by atoms with E-state index in [1.165, 1.54) is 24.3 Å². The van der Waals surface area contributed by atoms with Gasteiger partial charge in [-0.2, -0.15) is 13.2 Å². The number of alkyl halides is 3. The number of rotatable bonds is 7. The SMILES string of the molecule is COCC[C@H]1CN(C2=Nc3ccc(F)cc3Nc3ccc(C(F)(F)F)cc32)C(OC(=O)CCC(=O)O)CN1C. The fourth-order valence-corrected chi connectivity index (χ4v) is 4.55. The molecule has 0 radical (unpaired) electrons. The van der Waals surface area contributed by atoms with Gasteiger partial charge in [-0.15, -0.1) is 0 Å². The van der Waals surface area contributed by atoms with Crippen LogP contribution in [0.2, 0.25) is 0 Å². The van der Waals surface area contributed by atoms with E-state index in [9.17, 15) is 27.2 Å². The number of benzene rings is 2. The summed E-state index contributed by atoms with van der Waals surface area (Å²) in [6.07, 6.45) is -5.86. The van der Waals surface area contributed by atoms with Crippen LogP contribution in [0.25, 0.3) is 0 Å². The van der Waals surface area contributed by atoms with Crippen molar-refractivity contribution in [3.63, 3.8) is 0 Å². The summed E-state index contributed by atoms with van der Waals surface area (Å²) in [6, 6.07) is 6.77. The van der Waals surface area contributed by atoms with Crippen molar-refractivity contribution in [2.45, 2.75) is 37.7 Å². The number of ether oxygens (including phenoxy) is 2. The van der Waals surface area contributed by atoms with Gasteiger partial charge in [0.1, 0.15) is 11.7 Å². The Labute approximate surface area is 222 Å². The fraction of sp³-hybridized carbons (Fsp3) is 0.423. The van der Waals surface area contributed by atoms with Crippen molar-refractivity contribution >= 4 is 34.8 Å². The van der Waals surface area contributed by atoms with Crippen molar-refractivity contribution in [3.05, 3.63) is 53.3 Å². The molecular formula is C26H28F4N4O5. The summed E-state index contributed by atoms with van der Waals surface area (Å²) in [4.78, 5) is 31.7. The van der Waals surface area contributed by atoms with E-state index >= 15 is 0 Å². The second kappa shape index (κ2) is 11.6. The zero-order valence-corrected chi connectivity index (χ0v) is 21.3. The standard InChI is InChI=1S/C26H28F4N4O5/c1-33-14-22(39-24(37)8-7-23(35)36)34(13-17(33)9-10-38-2)25-18-11-15(26(28,29)30)3-5-19(18)31-21-12-16(27)4-6-20(21)32-25/h3-6,11-12,17,22,31H,7-10,13-14H2,1-2H3,(H,35,36)/t17-,22?/m0/s1. The van der Waals surface area contributed by atoms with E-state index in [1.807, 2.05) is 11.9 Å². The van der Waals surface area contributed by atoms with E-state index in [0.29, 0.717) is 13.0 Å². The number of piperazine rings is 1. The second-order valence-electron chi connectivity index (χ2n) is 9.35. The maximum Gasteiger partial charge on any atom is 0.416 e. The van der Waals surface area contributed by atoms with Gasteiger partial charge in [0.25, 0.3) is 0 Å². The van der Waals surface area contributed by atoms with Gasteiger partial charge in [0.05, 0.1) is 36.3 Å². The lowest BCUT2D eigenvalue weighted by molar-refractivity contribution is -0.163. The molecule has 2 aliphatic heterocycles. The van der Waals surface area contributed by atoms with Crippen molar-refractivity contribution in [2.75, 3.05) is 39.2 Å². The van der Waals surface area contributed by atoms with E-state index < -0.39 is 42.1 Å². The third kappa shape index (κ3) is 6.66. The largest absolute Gasteiger partial charge is 0.481 e. The van der Waals surface area contributed by atoms with Crippen LogP contribution in [-0.4, -0.2) is 78.8 Å². The van der Waals surface area contributed by atoms with Gasteiger partial charge in [-0.1, -0.05) is 0 Å². The maximum atomic E-state index is 14.1. The highest BCUT2D eigenvalue weighted by Crippen LogP contribution is 2.39. The molecule has 0 aliphatic carbocycles. The molecule has 0 amide bonds. The van der Waals surface area contributed by atoms with Crippen molar-refractivity contribution in [3.8, 4) is 0 Å². The Bertz CT molecular complexity index is 1270. The van der Waals surface area contributed by atoms with Gasteiger partial charge in [-0.3, -0.25) is 14.5 Å². The summed E-state index contributed by atoms with van der Waals surface area (Å²) < 4.78 is 66.1. The van der Waals surface area contributed by atoms with Crippen LogP contribution < -0.4 is 5.32 Å². The van der Waals surface area contributed by atoms with E-state index in [0.717, 1.165) is 12.1 Å². The zero-order chi connectivity index (χ0) is 28.3. The number of nitrogens with zero attached hydrogens (tertiary/aromatic N) is 3. The first-order chi connectivity index (χ1) is 18.5. The molecule has 1 fully saturated rings. The highest BCUT2D eigenvalue weighted by atomic mass is 19.4. The molecule has 1 saturated heterocycles. The number of carbonyl (C=O) groups is 2. The Kier molecular flexibility index (Phi) is 8.40. The minimum absolute atomic E-state index is 0.0862. The first-order valence-electron chi connectivity index (χ1n) is 12.2. The molecule has 2 heterocycles. The molecule has 210 valence electrons. The number of nitrogens with one attached hydrogen (secondary N) is 1. The molecule has 2 aromatic rings. The number of fused-ring (bicyclic) bond motifs is 2. The van der Waals surface area contributed by atoms with Gasteiger partial charge in [0.15, 0.2) is 6.23 Å². The summed E-state index contributed by atoms with van der Waals surface area (Å²) in [5, 5.41) is 11.9. The van der Waals surface area contributed by atoms with Gasteiger partial charge in [-0.05, 0) is 49.9 Å². The number of anilines is 2. The van der Waals surface area contributed by atoms with E-state index in [4.69, 9.17) is 14.6 Å². The van der Waals surface area contributed by atoms with E-state index in [2.05, 4.69) is 10.3 Å². The average Bonchev–Trinajstić information content (AvgIpc) is 3.02. The van der Waals surface area contributed by atoms with Crippen molar-refractivity contribution in [2.24, 2.45) is 4.99 Å². The molecule has 0 aromatic heterocycles. The molecule has 1 unspecified atom stereocenters. The van der Waals surface area contributed by atoms with Crippen LogP contribution in [0, 0.1) is 5.82 Å². The van der Waals surface area contributed by atoms with Gasteiger partial charge >= 0.3 is 18.1 Å². The van der Waals surface area contributed by atoms with Crippen LogP contribution in [0.15, 0.2) is 41.4 Å². The predicted molar refractivity (Wildman–Crippen MR) is 134 cm³/mol. The lowest BCUT2D eigenvalue weighted by Gasteiger charge is -2.45. The number of carbonyl (C=O) groups excluding carboxylic acids is 1. The third-order valence-electron chi connectivity index (χ3n) is 6.60. The Morgan fingerprint density at radius 3 is 2.59 bits per heavy atom. The lowest BCUT2D eigenvalue weighted by atomic mass is 10.0. The normalized spacial score (nSPS) is 19.3. The molecule has 13 heteroatoms. The Balaban J connectivity index is 1.82. The number of methoxy groups -OCH3 is 1. The Hall–Kier alpha value is -3.71. The number of esters is 1.